The van der Waals surface area contributed by atoms with Crippen molar-refractivity contribution >= 4 is 40.2 Å². The van der Waals surface area contributed by atoms with Crippen LogP contribution in [0.25, 0.3) is 0 Å². The van der Waals surface area contributed by atoms with Crippen LogP contribution in [0.5, 0.6) is 0 Å². The summed E-state index contributed by atoms with van der Waals surface area (Å²) in [7, 11) is 0. The molecule has 1 atom stereocenters. The van der Waals surface area contributed by atoms with Gasteiger partial charge in [-0.25, -0.2) is 0 Å². The third-order valence-corrected chi connectivity index (χ3v) is 4.55. The van der Waals surface area contributed by atoms with E-state index in [0.29, 0.717) is 9.23 Å². The number of rotatable bonds is 5. The van der Waals surface area contributed by atoms with E-state index in [1.54, 1.807) is 0 Å². The number of nitrogens with zero attached hydrogens (tertiary/aromatic N) is 1. The Morgan fingerprint density at radius 1 is 1.43 bits per heavy atom. The van der Waals surface area contributed by atoms with Crippen LogP contribution in [0.2, 0.25) is 0 Å². The molecule has 2 rings (SSSR count). The summed E-state index contributed by atoms with van der Waals surface area (Å²) in [5, 5.41) is 8.70. The first-order valence-electron chi connectivity index (χ1n) is 6.51. The van der Waals surface area contributed by atoms with Crippen LogP contribution in [0, 0.1) is 0 Å². The lowest BCUT2D eigenvalue weighted by atomic mass is 10.0. The Labute approximate surface area is 132 Å². The van der Waals surface area contributed by atoms with Crippen molar-refractivity contribution in [3.63, 3.8) is 0 Å². The summed E-state index contributed by atoms with van der Waals surface area (Å²) in [6.45, 7) is 2.14. The molecule has 0 bridgehead atoms. The molecule has 1 fully saturated rings. The minimum Gasteiger partial charge on any atom is -0.481 e. The van der Waals surface area contributed by atoms with Gasteiger partial charge in [-0.05, 0) is 5.56 Å². The predicted octanol–water partition coefficient (Wildman–Crippen LogP) is 3.01. The zero-order chi connectivity index (χ0) is 15.4. The van der Waals surface area contributed by atoms with Gasteiger partial charge in [0.05, 0.1) is 11.3 Å². The molecule has 0 spiro atoms. The molecule has 1 heterocycles. The van der Waals surface area contributed by atoms with Crippen LogP contribution in [0.15, 0.2) is 41.3 Å². The molecule has 1 aromatic rings. The number of thiocarbonyl (C=S) groups is 1. The number of hydrogen-bond donors (Lipinski definition) is 1. The highest BCUT2D eigenvalue weighted by atomic mass is 32.2. The molecule has 0 aliphatic carbocycles. The van der Waals surface area contributed by atoms with Crippen LogP contribution in [0.4, 0.5) is 0 Å². The number of benzene rings is 1. The predicted molar refractivity (Wildman–Crippen MR) is 87.1 cm³/mol. The van der Waals surface area contributed by atoms with Crippen molar-refractivity contribution < 1.29 is 14.7 Å². The second-order valence-electron chi connectivity index (χ2n) is 4.70. The maximum Gasteiger partial charge on any atom is 0.305 e. The summed E-state index contributed by atoms with van der Waals surface area (Å²) in [5.74, 6) is -1.04. The molecule has 21 heavy (non-hydrogen) atoms. The summed E-state index contributed by atoms with van der Waals surface area (Å²) < 4.78 is 0.424. The Balaban J connectivity index is 2.11. The third-order valence-electron chi connectivity index (χ3n) is 3.15. The van der Waals surface area contributed by atoms with Gasteiger partial charge in [0.15, 0.2) is 0 Å². The number of carboxylic acid groups (broad SMARTS) is 1. The maximum absolute atomic E-state index is 12.3. The van der Waals surface area contributed by atoms with Gasteiger partial charge >= 0.3 is 5.97 Å². The molecule has 1 N–H and O–H groups in total. The second-order valence-corrected chi connectivity index (χ2v) is 6.37. The molecule has 0 saturated carbocycles. The first-order valence-corrected chi connectivity index (χ1v) is 7.73. The SMILES string of the molecule is CC(C=C1SC(=S)N(CCC(=O)O)C1=O)c1ccccc1. The van der Waals surface area contributed by atoms with Crippen molar-refractivity contribution in [1.82, 2.24) is 4.90 Å². The molecule has 110 valence electrons. The molecule has 1 saturated heterocycles. The van der Waals surface area contributed by atoms with Crippen molar-refractivity contribution in [3.05, 3.63) is 46.9 Å². The fourth-order valence-corrected chi connectivity index (χ4v) is 3.38. The molecular weight excluding hydrogens is 306 g/mol. The molecule has 1 unspecified atom stereocenters. The van der Waals surface area contributed by atoms with Crippen molar-refractivity contribution in [3.8, 4) is 0 Å². The molecule has 0 aromatic heterocycles. The fourth-order valence-electron chi connectivity index (χ4n) is 1.99. The van der Waals surface area contributed by atoms with Crippen LogP contribution in [0.1, 0.15) is 24.8 Å². The van der Waals surface area contributed by atoms with Crippen molar-refractivity contribution in [2.24, 2.45) is 0 Å². The Bertz CT molecular complexity index is 598. The van der Waals surface area contributed by atoms with E-state index >= 15 is 0 Å². The van der Waals surface area contributed by atoms with Gasteiger partial charge in [-0.3, -0.25) is 14.5 Å². The fraction of sp³-hybridized carbons (Fsp3) is 0.267. The summed E-state index contributed by atoms with van der Waals surface area (Å²) in [5.41, 5.74) is 1.12. The van der Waals surface area contributed by atoms with Gasteiger partial charge in [0.2, 0.25) is 0 Å². The van der Waals surface area contributed by atoms with E-state index in [-0.39, 0.29) is 24.8 Å². The van der Waals surface area contributed by atoms with E-state index in [9.17, 15) is 9.59 Å². The average molecular weight is 321 g/mol. The van der Waals surface area contributed by atoms with E-state index < -0.39 is 5.97 Å². The lowest BCUT2D eigenvalue weighted by molar-refractivity contribution is -0.137. The number of aliphatic carboxylic acids is 1. The summed E-state index contributed by atoms with van der Waals surface area (Å²) in [6, 6.07) is 9.87. The highest BCUT2D eigenvalue weighted by molar-refractivity contribution is 8.26. The summed E-state index contributed by atoms with van der Waals surface area (Å²) in [6.07, 6.45) is 1.78. The number of allylic oxidation sites excluding steroid dienone is 1. The Morgan fingerprint density at radius 2 is 2.10 bits per heavy atom. The van der Waals surface area contributed by atoms with Gasteiger partial charge in [0, 0.05) is 12.5 Å². The smallest absolute Gasteiger partial charge is 0.305 e. The summed E-state index contributed by atoms with van der Waals surface area (Å²) >= 11 is 6.38. The standard InChI is InChI=1S/C15H15NO3S2/c1-10(11-5-3-2-4-6-11)9-12-14(19)16(15(20)21-12)8-7-13(17)18/h2-6,9-10H,7-8H2,1H3,(H,17,18). The van der Waals surface area contributed by atoms with Crippen molar-refractivity contribution in [2.45, 2.75) is 19.3 Å². The molecular formula is C15H15NO3S2. The van der Waals surface area contributed by atoms with E-state index in [2.05, 4.69) is 0 Å². The highest BCUT2D eigenvalue weighted by Gasteiger charge is 2.32. The molecule has 1 aliphatic heterocycles. The van der Waals surface area contributed by atoms with E-state index in [1.807, 2.05) is 43.3 Å². The molecule has 1 amide bonds. The Kier molecular flexibility index (Phi) is 5.14. The normalized spacial score (nSPS) is 18.3. The van der Waals surface area contributed by atoms with Gasteiger partial charge in [-0.2, -0.15) is 0 Å². The topological polar surface area (TPSA) is 57.6 Å². The molecule has 6 heteroatoms. The maximum atomic E-state index is 12.3. The van der Waals surface area contributed by atoms with Crippen molar-refractivity contribution in [2.75, 3.05) is 6.54 Å². The van der Waals surface area contributed by atoms with Gasteiger partial charge in [0.1, 0.15) is 4.32 Å². The summed E-state index contributed by atoms with van der Waals surface area (Å²) in [4.78, 5) is 24.8. The lowest BCUT2D eigenvalue weighted by Gasteiger charge is -2.12. The minimum atomic E-state index is -0.939. The number of carboxylic acids is 1. The quantitative estimate of drug-likeness (QED) is 0.667. The first-order chi connectivity index (χ1) is 9.99. The monoisotopic (exact) mass is 321 g/mol. The van der Waals surface area contributed by atoms with Crippen LogP contribution in [-0.4, -0.2) is 32.7 Å². The van der Waals surface area contributed by atoms with Gasteiger partial charge in [-0.1, -0.05) is 67.3 Å². The van der Waals surface area contributed by atoms with Gasteiger partial charge in [-0.15, -0.1) is 0 Å². The van der Waals surface area contributed by atoms with Gasteiger partial charge < -0.3 is 5.11 Å². The molecule has 4 nitrogen and oxygen atoms in total. The zero-order valence-electron chi connectivity index (χ0n) is 11.5. The second kappa shape index (κ2) is 6.87. The lowest BCUT2D eigenvalue weighted by Crippen LogP contribution is -2.30. The van der Waals surface area contributed by atoms with Crippen LogP contribution in [0.3, 0.4) is 0 Å². The molecule has 1 aliphatic rings. The minimum absolute atomic E-state index is 0.0971. The van der Waals surface area contributed by atoms with Crippen LogP contribution >= 0.6 is 24.0 Å². The van der Waals surface area contributed by atoms with E-state index in [4.69, 9.17) is 17.3 Å². The third kappa shape index (κ3) is 3.92. The number of carbonyl (C=O) groups is 2. The first kappa shape index (κ1) is 15.7. The number of thioether (sulfide) groups is 1. The number of carbonyl (C=O) groups excluding carboxylic acids is 1. The number of hydrogen-bond acceptors (Lipinski definition) is 4. The van der Waals surface area contributed by atoms with Crippen LogP contribution < -0.4 is 0 Å². The van der Waals surface area contributed by atoms with E-state index in [1.165, 1.54) is 16.7 Å². The van der Waals surface area contributed by atoms with E-state index in [0.717, 1.165) is 5.56 Å². The number of amides is 1. The average Bonchev–Trinajstić information content (AvgIpc) is 2.72. The zero-order valence-corrected chi connectivity index (χ0v) is 13.1. The Morgan fingerprint density at radius 3 is 2.71 bits per heavy atom. The Hall–Kier alpha value is -1.66. The largest absolute Gasteiger partial charge is 0.481 e. The molecule has 0 radical (unpaired) electrons. The highest BCUT2D eigenvalue weighted by Crippen LogP contribution is 2.33. The van der Waals surface area contributed by atoms with Crippen molar-refractivity contribution in [1.29, 1.82) is 0 Å². The van der Waals surface area contributed by atoms with Crippen LogP contribution in [-0.2, 0) is 9.59 Å². The van der Waals surface area contributed by atoms with Gasteiger partial charge in [0.25, 0.3) is 5.91 Å². The molecule has 1 aromatic carbocycles.